The van der Waals surface area contributed by atoms with Gasteiger partial charge in [0.25, 0.3) is 11.1 Å². The zero-order valence-corrected chi connectivity index (χ0v) is 17.8. The monoisotopic (exact) mass is 444 g/mol. The highest BCUT2D eigenvalue weighted by Crippen LogP contribution is 2.32. The van der Waals surface area contributed by atoms with Gasteiger partial charge in [0.05, 0.1) is 25.5 Å². The first-order chi connectivity index (χ1) is 14.9. The summed E-state index contributed by atoms with van der Waals surface area (Å²) in [5.41, 5.74) is 1.36. The first kappa shape index (κ1) is 22.4. The molecule has 1 saturated heterocycles. The van der Waals surface area contributed by atoms with Gasteiger partial charge in [0.2, 0.25) is 5.91 Å². The highest BCUT2D eigenvalue weighted by atomic mass is 32.2. The molecule has 0 radical (unpaired) electrons. The zero-order valence-electron chi connectivity index (χ0n) is 17.0. The van der Waals surface area contributed by atoms with Crippen LogP contribution in [0.25, 0.3) is 6.08 Å². The van der Waals surface area contributed by atoms with Gasteiger partial charge in [-0.1, -0.05) is 18.2 Å². The predicted octanol–water partition coefficient (Wildman–Crippen LogP) is 3.24. The molecule has 0 bridgehead atoms. The van der Waals surface area contributed by atoms with Crippen LogP contribution < -0.4 is 14.8 Å². The van der Waals surface area contributed by atoms with Crippen molar-refractivity contribution in [2.45, 2.75) is 6.42 Å². The van der Waals surface area contributed by atoms with Gasteiger partial charge in [-0.15, -0.1) is 0 Å². The number of halogens is 1. The van der Waals surface area contributed by atoms with E-state index in [0.29, 0.717) is 17.1 Å². The number of ether oxygens (including phenoxy) is 2. The van der Waals surface area contributed by atoms with E-state index in [1.54, 1.807) is 24.3 Å². The second kappa shape index (κ2) is 10.1. The van der Waals surface area contributed by atoms with Crippen molar-refractivity contribution in [3.05, 3.63) is 64.3 Å². The Morgan fingerprint density at radius 2 is 1.81 bits per heavy atom. The number of thioether (sulfide) groups is 1. The van der Waals surface area contributed by atoms with Crippen molar-refractivity contribution < 1.29 is 28.2 Å². The quantitative estimate of drug-likeness (QED) is 0.630. The first-order valence-electron chi connectivity index (χ1n) is 9.40. The number of carbonyl (C=O) groups is 3. The molecular formula is C22H21FN2O5S. The number of amides is 3. The van der Waals surface area contributed by atoms with Crippen LogP contribution in [-0.2, 0) is 16.0 Å². The summed E-state index contributed by atoms with van der Waals surface area (Å²) in [6.07, 6.45) is 1.66. The summed E-state index contributed by atoms with van der Waals surface area (Å²) in [5, 5.41) is 2.30. The molecule has 31 heavy (non-hydrogen) atoms. The predicted molar refractivity (Wildman–Crippen MR) is 115 cm³/mol. The van der Waals surface area contributed by atoms with Crippen LogP contribution in [0.3, 0.4) is 0 Å². The van der Waals surface area contributed by atoms with Gasteiger partial charge >= 0.3 is 0 Å². The lowest BCUT2D eigenvalue weighted by molar-refractivity contribution is -0.124. The molecule has 3 rings (SSSR count). The Kier molecular flexibility index (Phi) is 7.30. The second-order valence-corrected chi connectivity index (χ2v) is 7.59. The molecule has 0 aromatic heterocycles. The Bertz CT molecular complexity index is 1020. The maximum absolute atomic E-state index is 13.0. The van der Waals surface area contributed by atoms with E-state index in [9.17, 15) is 18.8 Å². The molecular weight excluding hydrogens is 423 g/mol. The third-order valence-electron chi connectivity index (χ3n) is 4.51. The normalized spacial score (nSPS) is 14.8. The molecule has 1 N–H and O–H groups in total. The van der Waals surface area contributed by atoms with Crippen LogP contribution in [0.15, 0.2) is 47.4 Å². The summed E-state index contributed by atoms with van der Waals surface area (Å²) >= 11 is 0.816. The van der Waals surface area contributed by atoms with Gasteiger partial charge in [0.1, 0.15) is 5.82 Å². The van der Waals surface area contributed by atoms with Crippen LogP contribution >= 0.6 is 11.8 Å². The average Bonchev–Trinajstić information content (AvgIpc) is 3.02. The van der Waals surface area contributed by atoms with Crippen molar-refractivity contribution in [1.82, 2.24) is 10.2 Å². The number of nitrogens with one attached hydrogen (secondary N) is 1. The van der Waals surface area contributed by atoms with Crippen LogP contribution in [0.2, 0.25) is 0 Å². The summed E-state index contributed by atoms with van der Waals surface area (Å²) in [6.45, 7) is 0.192. The van der Waals surface area contributed by atoms with E-state index in [0.717, 1.165) is 22.2 Å². The van der Waals surface area contributed by atoms with Crippen LogP contribution in [0, 0.1) is 5.82 Å². The summed E-state index contributed by atoms with van der Waals surface area (Å²) in [6, 6.07) is 10.8. The van der Waals surface area contributed by atoms with Crippen molar-refractivity contribution >= 4 is 34.9 Å². The number of imide groups is 1. The van der Waals surface area contributed by atoms with Crippen molar-refractivity contribution in [1.29, 1.82) is 0 Å². The van der Waals surface area contributed by atoms with Gasteiger partial charge in [-0.25, -0.2) is 4.39 Å². The molecule has 0 atom stereocenters. The van der Waals surface area contributed by atoms with Gasteiger partial charge in [-0.2, -0.15) is 0 Å². The van der Waals surface area contributed by atoms with Crippen LogP contribution in [-0.4, -0.2) is 49.3 Å². The Labute approximate surface area is 183 Å². The third-order valence-corrected chi connectivity index (χ3v) is 5.42. The van der Waals surface area contributed by atoms with Crippen molar-refractivity contribution in [3.8, 4) is 11.5 Å². The SMILES string of the molecule is COc1ccc(CC(=O)NCCN2C(=O)S/C(=C\c3ccc(F)cc3)C2=O)cc1OC. The summed E-state index contributed by atoms with van der Waals surface area (Å²) in [7, 11) is 3.05. The standard InChI is InChI=1S/C22H21FN2O5S/c1-29-17-8-5-15(11-18(17)30-2)13-20(26)24-9-10-25-21(27)19(31-22(25)28)12-14-3-6-16(23)7-4-14/h3-8,11-12H,9-10,13H2,1-2H3,(H,24,26)/b19-12-. The second-order valence-electron chi connectivity index (χ2n) is 6.60. The lowest BCUT2D eigenvalue weighted by Gasteiger charge is -2.13. The zero-order chi connectivity index (χ0) is 22.4. The topological polar surface area (TPSA) is 84.9 Å². The van der Waals surface area contributed by atoms with Gasteiger partial charge in [-0.3, -0.25) is 19.3 Å². The molecule has 1 fully saturated rings. The Balaban J connectivity index is 1.53. The largest absolute Gasteiger partial charge is 0.493 e. The minimum atomic E-state index is -0.437. The summed E-state index contributed by atoms with van der Waals surface area (Å²) < 4.78 is 23.4. The molecule has 1 aliphatic rings. The highest BCUT2D eigenvalue weighted by molar-refractivity contribution is 8.18. The van der Waals surface area contributed by atoms with E-state index >= 15 is 0 Å². The molecule has 9 heteroatoms. The smallest absolute Gasteiger partial charge is 0.293 e. The minimum Gasteiger partial charge on any atom is -0.493 e. The van der Waals surface area contributed by atoms with E-state index in [1.165, 1.54) is 38.5 Å². The van der Waals surface area contributed by atoms with Crippen LogP contribution in [0.4, 0.5) is 9.18 Å². The van der Waals surface area contributed by atoms with Crippen molar-refractivity contribution in [2.75, 3.05) is 27.3 Å². The average molecular weight is 444 g/mol. The minimum absolute atomic E-state index is 0.0586. The number of nitrogens with zero attached hydrogens (tertiary/aromatic N) is 1. The number of methoxy groups -OCH3 is 2. The molecule has 0 saturated carbocycles. The summed E-state index contributed by atoms with van der Waals surface area (Å²) in [5.74, 6) is 0.0295. The van der Waals surface area contributed by atoms with E-state index in [4.69, 9.17) is 9.47 Å². The van der Waals surface area contributed by atoms with E-state index in [1.807, 2.05) is 0 Å². The molecule has 2 aromatic rings. The molecule has 2 aromatic carbocycles. The fraction of sp³-hybridized carbons (Fsp3) is 0.227. The Morgan fingerprint density at radius 1 is 1.10 bits per heavy atom. The highest BCUT2D eigenvalue weighted by Gasteiger charge is 2.34. The van der Waals surface area contributed by atoms with Gasteiger partial charge in [0, 0.05) is 13.1 Å². The number of benzene rings is 2. The lowest BCUT2D eigenvalue weighted by atomic mass is 10.1. The number of rotatable bonds is 8. The van der Waals surface area contributed by atoms with Crippen LogP contribution in [0.5, 0.6) is 11.5 Å². The molecule has 0 aliphatic carbocycles. The maximum Gasteiger partial charge on any atom is 0.293 e. The summed E-state index contributed by atoms with van der Waals surface area (Å²) in [4.78, 5) is 38.2. The Morgan fingerprint density at radius 3 is 2.48 bits per heavy atom. The molecule has 0 spiro atoms. The fourth-order valence-electron chi connectivity index (χ4n) is 2.95. The van der Waals surface area contributed by atoms with E-state index in [2.05, 4.69) is 5.32 Å². The first-order valence-corrected chi connectivity index (χ1v) is 10.2. The Hall–Kier alpha value is -3.33. The van der Waals surface area contributed by atoms with Crippen molar-refractivity contribution in [2.24, 2.45) is 0 Å². The number of carbonyl (C=O) groups excluding carboxylic acids is 3. The van der Waals surface area contributed by atoms with E-state index in [-0.39, 0.29) is 36.1 Å². The van der Waals surface area contributed by atoms with Crippen molar-refractivity contribution in [3.63, 3.8) is 0 Å². The lowest BCUT2D eigenvalue weighted by Crippen LogP contribution is -2.37. The number of hydrogen-bond donors (Lipinski definition) is 1. The van der Waals surface area contributed by atoms with Gasteiger partial charge in [0.15, 0.2) is 11.5 Å². The molecule has 3 amide bonds. The molecule has 1 heterocycles. The third kappa shape index (κ3) is 5.64. The van der Waals surface area contributed by atoms with Gasteiger partial charge < -0.3 is 14.8 Å². The van der Waals surface area contributed by atoms with Crippen LogP contribution in [0.1, 0.15) is 11.1 Å². The fourth-order valence-corrected chi connectivity index (χ4v) is 3.81. The molecule has 0 unspecified atom stereocenters. The molecule has 1 aliphatic heterocycles. The molecule has 162 valence electrons. The van der Waals surface area contributed by atoms with Gasteiger partial charge in [-0.05, 0) is 53.2 Å². The van der Waals surface area contributed by atoms with E-state index < -0.39 is 11.1 Å². The maximum atomic E-state index is 13.0. The molecule has 7 nitrogen and oxygen atoms in total. The number of hydrogen-bond acceptors (Lipinski definition) is 6.